The van der Waals surface area contributed by atoms with Gasteiger partial charge in [-0.25, -0.2) is 8.42 Å². The maximum absolute atomic E-state index is 12.8. The zero-order chi connectivity index (χ0) is 18.8. The van der Waals surface area contributed by atoms with Crippen molar-refractivity contribution in [1.29, 1.82) is 0 Å². The third-order valence-corrected chi connectivity index (χ3v) is 7.10. The Bertz CT molecular complexity index is 878. The van der Waals surface area contributed by atoms with Crippen LogP contribution in [-0.2, 0) is 20.0 Å². The van der Waals surface area contributed by atoms with E-state index < -0.39 is 24.9 Å². The molecule has 1 aliphatic rings. The van der Waals surface area contributed by atoms with E-state index in [0.29, 0.717) is 13.1 Å². The standard InChI is InChI=1S/C13H20ClN5O4S2/c1-18(2)9-17-24(20,21)12-8-13(11(15)7-10(12)14)25(22,23)19-5-3-16-4-6-19/h7-9,16H,3-6,15H2,1-2H3/b17-9+. The molecule has 9 nitrogen and oxygen atoms in total. The highest BCUT2D eigenvalue weighted by molar-refractivity contribution is 7.90. The summed E-state index contributed by atoms with van der Waals surface area (Å²) in [5, 5.41) is 2.86. The summed E-state index contributed by atoms with van der Waals surface area (Å²) in [6.07, 6.45) is 1.09. The van der Waals surface area contributed by atoms with Gasteiger partial charge in [-0.2, -0.15) is 12.7 Å². The Morgan fingerprint density at radius 3 is 2.36 bits per heavy atom. The highest BCUT2D eigenvalue weighted by Gasteiger charge is 2.30. The lowest BCUT2D eigenvalue weighted by atomic mass is 10.3. The number of sulfonamides is 2. The first-order valence-corrected chi connectivity index (χ1v) is 10.6. The van der Waals surface area contributed by atoms with E-state index in [2.05, 4.69) is 9.71 Å². The van der Waals surface area contributed by atoms with Crippen LogP contribution >= 0.6 is 11.6 Å². The quantitative estimate of drug-likeness (QED) is 0.391. The van der Waals surface area contributed by atoms with Crippen molar-refractivity contribution < 1.29 is 16.8 Å². The molecule has 25 heavy (non-hydrogen) atoms. The molecular weight excluding hydrogens is 390 g/mol. The highest BCUT2D eigenvalue weighted by atomic mass is 35.5. The van der Waals surface area contributed by atoms with Crippen molar-refractivity contribution in [3.63, 3.8) is 0 Å². The van der Waals surface area contributed by atoms with Crippen molar-refractivity contribution in [2.75, 3.05) is 46.0 Å². The van der Waals surface area contributed by atoms with Crippen LogP contribution in [0.3, 0.4) is 0 Å². The molecule has 0 saturated carbocycles. The van der Waals surface area contributed by atoms with Crippen molar-refractivity contribution in [3.05, 3.63) is 17.2 Å². The van der Waals surface area contributed by atoms with E-state index >= 15 is 0 Å². The molecule has 0 aromatic heterocycles. The summed E-state index contributed by atoms with van der Waals surface area (Å²) in [5.74, 6) is 0. The number of hydrogen-bond donors (Lipinski definition) is 2. The van der Waals surface area contributed by atoms with E-state index in [1.807, 2.05) is 0 Å². The van der Waals surface area contributed by atoms with Gasteiger partial charge in [0.05, 0.1) is 10.7 Å². The number of rotatable bonds is 5. The van der Waals surface area contributed by atoms with Crippen LogP contribution in [0, 0.1) is 0 Å². The van der Waals surface area contributed by atoms with Gasteiger partial charge in [0.25, 0.3) is 10.0 Å². The minimum atomic E-state index is -4.17. The number of halogens is 1. The number of nitrogen functional groups attached to an aromatic ring is 1. The number of nitrogens with one attached hydrogen (secondary N) is 1. The summed E-state index contributed by atoms with van der Waals surface area (Å²) in [6, 6.07) is 2.09. The predicted molar refractivity (Wildman–Crippen MR) is 96.9 cm³/mol. The Morgan fingerprint density at radius 1 is 1.20 bits per heavy atom. The van der Waals surface area contributed by atoms with Gasteiger partial charge in [0.2, 0.25) is 10.0 Å². The minimum Gasteiger partial charge on any atom is -0.398 e. The molecule has 140 valence electrons. The van der Waals surface area contributed by atoms with Crippen LogP contribution in [0.15, 0.2) is 26.3 Å². The Balaban J connectivity index is 2.55. The summed E-state index contributed by atoms with van der Waals surface area (Å²) in [7, 11) is -4.91. The Morgan fingerprint density at radius 2 is 1.80 bits per heavy atom. The number of benzene rings is 1. The van der Waals surface area contributed by atoms with Gasteiger partial charge in [0.1, 0.15) is 16.1 Å². The van der Waals surface area contributed by atoms with Crippen LogP contribution in [0.5, 0.6) is 0 Å². The summed E-state index contributed by atoms with van der Waals surface area (Å²) in [5.41, 5.74) is 5.69. The van der Waals surface area contributed by atoms with Gasteiger partial charge in [0, 0.05) is 40.3 Å². The second-order valence-corrected chi connectivity index (χ2v) is 9.55. The van der Waals surface area contributed by atoms with Crippen LogP contribution in [-0.4, -0.2) is 72.7 Å². The van der Waals surface area contributed by atoms with Gasteiger partial charge in [-0.1, -0.05) is 11.6 Å². The summed E-state index contributed by atoms with van der Waals surface area (Å²) >= 11 is 5.97. The monoisotopic (exact) mass is 409 g/mol. The topological polar surface area (TPSA) is 125 Å². The van der Waals surface area contributed by atoms with E-state index in [-0.39, 0.29) is 28.7 Å². The number of hydrogen-bond acceptors (Lipinski definition) is 6. The maximum Gasteiger partial charge on any atom is 0.285 e. The third-order valence-electron chi connectivity index (χ3n) is 3.45. The second kappa shape index (κ2) is 7.46. The van der Waals surface area contributed by atoms with Crippen molar-refractivity contribution >= 4 is 43.7 Å². The molecule has 0 radical (unpaired) electrons. The minimum absolute atomic E-state index is 0.112. The van der Waals surface area contributed by atoms with Crippen LogP contribution in [0.1, 0.15) is 0 Å². The number of nitrogens with two attached hydrogens (primary N) is 1. The number of nitrogens with zero attached hydrogens (tertiary/aromatic N) is 3. The van der Waals surface area contributed by atoms with Crippen molar-refractivity contribution in [1.82, 2.24) is 14.5 Å². The molecule has 0 amide bonds. The van der Waals surface area contributed by atoms with Crippen molar-refractivity contribution in [2.45, 2.75) is 9.79 Å². The molecule has 1 heterocycles. The molecule has 1 aromatic rings. The average Bonchev–Trinajstić information content (AvgIpc) is 2.53. The van der Waals surface area contributed by atoms with E-state index in [1.54, 1.807) is 14.1 Å². The van der Waals surface area contributed by atoms with Gasteiger partial charge in [-0.15, -0.1) is 4.40 Å². The fraction of sp³-hybridized carbons (Fsp3) is 0.462. The van der Waals surface area contributed by atoms with E-state index in [4.69, 9.17) is 17.3 Å². The molecule has 0 atom stereocenters. The van der Waals surface area contributed by atoms with Crippen molar-refractivity contribution in [2.24, 2.45) is 4.40 Å². The van der Waals surface area contributed by atoms with Crippen LogP contribution in [0.4, 0.5) is 5.69 Å². The molecule has 3 N–H and O–H groups in total. The van der Waals surface area contributed by atoms with Crippen LogP contribution in [0.2, 0.25) is 5.02 Å². The first-order chi connectivity index (χ1) is 11.6. The molecule has 0 aliphatic carbocycles. The van der Waals surface area contributed by atoms with Gasteiger partial charge >= 0.3 is 0 Å². The molecule has 12 heteroatoms. The molecule has 0 unspecified atom stereocenters. The van der Waals surface area contributed by atoms with Crippen LogP contribution in [0.25, 0.3) is 0 Å². The normalized spacial score (nSPS) is 17.1. The van der Waals surface area contributed by atoms with Gasteiger partial charge in [-0.05, 0) is 12.1 Å². The molecular formula is C13H20ClN5O4S2. The maximum atomic E-state index is 12.8. The Labute approximate surface area is 152 Å². The first-order valence-electron chi connectivity index (χ1n) is 7.32. The lowest BCUT2D eigenvalue weighted by molar-refractivity contribution is 0.360. The van der Waals surface area contributed by atoms with Crippen molar-refractivity contribution in [3.8, 4) is 0 Å². The second-order valence-electron chi connectivity index (χ2n) is 5.63. The zero-order valence-electron chi connectivity index (χ0n) is 13.8. The van der Waals surface area contributed by atoms with E-state index in [0.717, 1.165) is 18.5 Å². The Hall–Kier alpha value is -1.40. The SMILES string of the molecule is CN(C)/C=N/S(=O)(=O)c1cc(S(=O)(=O)N2CCNCC2)c(N)cc1Cl. The molecule has 1 saturated heterocycles. The lowest BCUT2D eigenvalue weighted by Gasteiger charge is -2.27. The predicted octanol–water partition coefficient (Wildman–Crippen LogP) is -0.205. The van der Waals surface area contributed by atoms with Gasteiger partial charge in [-0.3, -0.25) is 0 Å². The van der Waals surface area contributed by atoms with E-state index in [9.17, 15) is 16.8 Å². The first kappa shape index (κ1) is 19.9. The summed E-state index contributed by atoms with van der Waals surface area (Å²) < 4.78 is 55.0. The fourth-order valence-electron chi connectivity index (χ4n) is 2.21. The van der Waals surface area contributed by atoms with Gasteiger partial charge < -0.3 is 16.0 Å². The molecule has 0 spiro atoms. The smallest absolute Gasteiger partial charge is 0.285 e. The third kappa shape index (κ3) is 4.42. The zero-order valence-corrected chi connectivity index (χ0v) is 16.2. The molecule has 0 bridgehead atoms. The number of anilines is 1. The number of piperazine rings is 1. The largest absolute Gasteiger partial charge is 0.398 e. The van der Waals surface area contributed by atoms with Crippen LogP contribution < -0.4 is 11.1 Å². The molecule has 1 aromatic carbocycles. The molecule has 2 rings (SSSR count). The fourth-order valence-corrected chi connectivity index (χ4v) is 5.31. The van der Waals surface area contributed by atoms with E-state index in [1.165, 1.54) is 9.21 Å². The Kier molecular flexibility index (Phi) is 5.94. The highest BCUT2D eigenvalue weighted by Crippen LogP contribution is 2.32. The summed E-state index contributed by atoms with van der Waals surface area (Å²) in [4.78, 5) is 0.730. The van der Waals surface area contributed by atoms with Gasteiger partial charge in [0.15, 0.2) is 0 Å². The summed E-state index contributed by atoms with van der Waals surface area (Å²) in [6.45, 7) is 1.55. The molecule has 1 aliphatic heterocycles. The average molecular weight is 410 g/mol. The molecule has 1 fully saturated rings. The lowest BCUT2D eigenvalue weighted by Crippen LogP contribution is -2.46.